The summed E-state index contributed by atoms with van der Waals surface area (Å²) in [5.41, 5.74) is 2.04. The number of thiol groups is 1. The van der Waals surface area contributed by atoms with Crippen molar-refractivity contribution < 1.29 is 9.18 Å². The lowest BCUT2D eigenvalue weighted by Crippen LogP contribution is -1.80. The highest BCUT2D eigenvalue weighted by molar-refractivity contribution is 7.78. The molecule has 2 N–H and O–H groups in total. The molecule has 1 heterocycles. The molecule has 1 aromatic heterocycles. The van der Waals surface area contributed by atoms with Gasteiger partial charge in [-0.3, -0.25) is 9.52 Å². The number of aldehydes is 1. The molecule has 3 nitrogen and oxygen atoms in total. The first-order valence-electron chi connectivity index (χ1n) is 4.68. The third-order valence-electron chi connectivity index (χ3n) is 2.10. The molecule has 0 atom stereocenters. The maximum atomic E-state index is 13.2. The zero-order chi connectivity index (χ0) is 12.1. The number of hydrogen-bond acceptors (Lipinski definition) is 3. The van der Waals surface area contributed by atoms with E-state index in [4.69, 9.17) is 0 Å². The van der Waals surface area contributed by atoms with Crippen molar-refractivity contribution in [3.8, 4) is 0 Å². The molecule has 0 aliphatic carbocycles. The van der Waals surface area contributed by atoms with E-state index in [2.05, 4.69) is 22.5 Å². The minimum absolute atomic E-state index is 0.301. The molecule has 0 aliphatic heterocycles. The van der Waals surface area contributed by atoms with Gasteiger partial charge >= 0.3 is 0 Å². The Balaban J connectivity index is 0.000000386. The van der Waals surface area contributed by atoms with Crippen molar-refractivity contribution in [2.45, 2.75) is 6.92 Å². The van der Waals surface area contributed by atoms with E-state index in [-0.39, 0.29) is 5.82 Å². The summed E-state index contributed by atoms with van der Waals surface area (Å²) in [6.07, 6.45) is 0.679. The average molecular weight is 240 g/mol. The Kier molecular flexibility index (Phi) is 4.52. The Hall–Kier alpha value is -1.33. The van der Waals surface area contributed by atoms with Gasteiger partial charge in [0.2, 0.25) is 0 Å². The molecule has 0 aliphatic rings. The van der Waals surface area contributed by atoms with Crippen LogP contribution in [-0.2, 0) is 0 Å². The zero-order valence-corrected chi connectivity index (χ0v) is 9.94. The summed E-state index contributed by atoms with van der Waals surface area (Å²) in [5.74, 6) is -0.301. The summed E-state index contributed by atoms with van der Waals surface area (Å²) in [5, 5.41) is 0.474. The topological polar surface area (TPSA) is 44.9 Å². The van der Waals surface area contributed by atoms with Gasteiger partial charge in [-0.15, -0.1) is 0 Å². The van der Waals surface area contributed by atoms with Crippen LogP contribution in [0.1, 0.15) is 16.1 Å². The molecule has 0 spiro atoms. The molecule has 2 aromatic rings. The molecule has 5 heteroatoms. The molecule has 0 radical (unpaired) electrons. The van der Waals surface area contributed by atoms with E-state index in [0.717, 1.165) is 5.56 Å². The van der Waals surface area contributed by atoms with Crippen LogP contribution in [0.4, 0.5) is 4.39 Å². The second-order valence-electron chi connectivity index (χ2n) is 3.22. The van der Waals surface area contributed by atoms with Crippen LogP contribution in [0.25, 0.3) is 10.9 Å². The van der Waals surface area contributed by atoms with Crippen molar-refractivity contribution in [2.75, 3.05) is 7.05 Å². The number of aromatic amines is 1. The highest BCUT2D eigenvalue weighted by Gasteiger charge is 2.06. The van der Waals surface area contributed by atoms with Crippen LogP contribution in [-0.4, -0.2) is 18.3 Å². The van der Waals surface area contributed by atoms with E-state index < -0.39 is 0 Å². The second-order valence-corrected chi connectivity index (χ2v) is 3.67. The van der Waals surface area contributed by atoms with Crippen molar-refractivity contribution in [3.63, 3.8) is 0 Å². The predicted octanol–water partition coefficient (Wildman–Crippen LogP) is 2.48. The minimum Gasteiger partial charge on any atom is -0.352 e. The number of H-pyrrole nitrogens is 1. The number of benzene rings is 1. The lowest BCUT2D eigenvalue weighted by atomic mass is 10.1. The molecule has 86 valence electrons. The molecule has 0 amide bonds. The zero-order valence-electron chi connectivity index (χ0n) is 9.04. The fraction of sp³-hybridized carbons (Fsp3) is 0.182. The second kappa shape index (κ2) is 5.67. The van der Waals surface area contributed by atoms with Gasteiger partial charge in [-0.05, 0) is 31.7 Å². The van der Waals surface area contributed by atoms with Gasteiger partial charge in [0.05, 0.1) is 11.2 Å². The fourth-order valence-electron chi connectivity index (χ4n) is 1.41. The Morgan fingerprint density at radius 2 is 2.12 bits per heavy atom. The van der Waals surface area contributed by atoms with Crippen LogP contribution in [0.15, 0.2) is 18.2 Å². The Morgan fingerprint density at radius 1 is 1.50 bits per heavy atom. The molecule has 1 aromatic carbocycles. The Bertz CT molecular complexity index is 457. The number of aryl methyl sites for hydroxylation is 1. The van der Waals surface area contributed by atoms with Gasteiger partial charge in [-0.2, -0.15) is 0 Å². The quantitative estimate of drug-likeness (QED) is 0.529. The number of halogens is 1. The summed E-state index contributed by atoms with van der Waals surface area (Å²) in [6, 6.07) is 4.60. The van der Waals surface area contributed by atoms with Gasteiger partial charge in [0.25, 0.3) is 0 Å². The molecule has 0 unspecified atom stereocenters. The third-order valence-corrected chi connectivity index (χ3v) is 2.10. The minimum atomic E-state index is -0.301. The number of hydrogen-bond donors (Lipinski definition) is 3. The van der Waals surface area contributed by atoms with Crippen LogP contribution in [0.5, 0.6) is 0 Å². The molecule has 2 rings (SSSR count). The lowest BCUT2D eigenvalue weighted by molar-refractivity contribution is 0.112. The van der Waals surface area contributed by atoms with Gasteiger partial charge in [-0.1, -0.05) is 18.9 Å². The molecule has 0 saturated carbocycles. The van der Waals surface area contributed by atoms with Gasteiger partial charge in [-0.25, -0.2) is 4.39 Å². The SMILES string of the molecule is CNS.Cc1ccc(F)c2cc(C=O)[nH]c12. The van der Waals surface area contributed by atoms with Crippen LogP contribution in [0.2, 0.25) is 0 Å². The van der Waals surface area contributed by atoms with Crippen LogP contribution in [0, 0.1) is 12.7 Å². The van der Waals surface area contributed by atoms with Gasteiger partial charge in [0.1, 0.15) is 5.82 Å². The van der Waals surface area contributed by atoms with Gasteiger partial charge in [0.15, 0.2) is 6.29 Å². The summed E-state index contributed by atoms with van der Waals surface area (Å²) >= 11 is 3.54. The summed E-state index contributed by atoms with van der Waals surface area (Å²) in [7, 11) is 1.74. The predicted molar refractivity (Wildman–Crippen MR) is 66.4 cm³/mol. The van der Waals surface area contributed by atoms with Crippen LogP contribution < -0.4 is 4.72 Å². The Labute approximate surface area is 98.6 Å². The van der Waals surface area contributed by atoms with Gasteiger partial charge < -0.3 is 4.98 Å². The number of fused-ring (bicyclic) bond motifs is 1. The third kappa shape index (κ3) is 2.62. The van der Waals surface area contributed by atoms with Gasteiger partial charge in [0, 0.05) is 5.39 Å². The Morgan fingerprint density at radius 3 is 2.62 bits per heavy atom. The number of carbonyl (C=O) groups excluding carboxylic acids is 1. The van der Waals surface area contributed by atoms with Crippen molar-refractivity contribution in [2.24, 2.45) is 0 Å². The monoisotopic (exact) mass is 240 g/mol. The normalized spacial score (nSPS) is 9.75. The van der Waals surface area contributed by atoms with Crippen LogP contribution in [0.3, 0.4) is 0 Å². The fourth-order valence-corrected chi connectivity index (χ4v) is 1.41. The van der Waals surface area contributed by atoms with Crippen molar-refractivity contribution in [1.82, 2.24) is 9.71 Å². The smallest absolute Gasteiger partial charge is 0.166 e. The highest BCUT2D eigenvalue weighted by Crippen LogP contribution is 2.21. The van der Waals surface area contributed by atoms with E-state index in [1.54, 1.807) is 13.1 Å². The molecule has 0 bridgehead atoms. The van der Waals surface area contributed by atoms with E-state index in [1.807, 2.05) is 6.92 Å². The average Bonchev–Trinajstić information content (AvgIpc) is 2.70. The maximum Gasteiger partial charge on any atom is 0.166 e. The molecular weight excluding hydrogens is 227 g/mol. The van der Waals surface area contributed by atoms with E-state index >= 15 is 0 Å². The van der Waals surface area contributed by atoms with Crippen molar-refractivity contribution >= 4 is 30.0 Å². The molecular formula is C11H13FN2OS. The van der Waals surface area contributed by atoms with E-state index in [1.165, 1.54) is 12.1 Å². The van der Waals surface area contributed by atoms with E-state index in [9.17, 15) is 9.18 Å². The first kappa shape index (κ1) is 12.7. The molecule has 0 saturated heterocycles. The molecule has 16 heavy (non-hydrogen) atoms. The first-order chi connectivity index (χ1) is 7.63. The number of rotatable bonds is 1. The van der Waals surface area contributed by atoms with Crippen LogP contribution >= 0.6 is 12.8 Å². The molecule has 0 fully saturated rings. The number of carbonyl (C=O) groups is 1. The number of aromatic nitrogens is 1. The summed E-state index contributed by atoms with van der Waals surface area (Å²) < 4.78 is 15.6. The summed E-state index contributed by atoms with van der Waals surface area (Å²) in [6.45, 7) is 1.87. The summed E-state index contributed by atoms with van der Waals surface area (Å²) in [4.78, 5) is 13.3. The highest BCUT2D eigenvalue weighted by atomic mass is 32.1. The largest absolute Gasteiger partial charge is 0.352 e. The van der Waals surface area contributed by atoms with Crippen molar-refractivity contribution in [3.05, 3.63) is 35.3 Å². The van der Waals surface area contributed by atoms with Crippen molar-refractivity contribution in [1.29, 1.82) is 0 Å². The number of nitrogens with one attached hydrogen (secondary N) is 2. The first-order valence-corrected chi connectivity index (χ1v) is 5.12. The lowest BCUT2D eigenvalue weighted by Gasteiger charge is -1.95. The standard InChI is InChI=1S/C10H8FNO.CH5NS/c1-6-2-3-9(11)8-4-7(5-13)12-10(6)8;1-2-3/h2-5,12H,1H3;2-3H,1H3. The van der Waals surface area contributed by atoms with E-state index in [0.29, 0.717) is 22.9 Å². The maximum absolute atomic E-state index is 13.2.